The van der Waals surface area contributed by atoms with Gasteiger partial charge in [0.25, 0.3) is 11.8 Å². The van der Waals surface area contributed by atoms with Crippen LogP contribution in [0.1, 0.15) is 16.9 Å². The maximum atomic E-state index is 13.1. The first-order chi connectivity index (χ1) is 13.4. The van der Waals surface area contributed by atoms with E-state index in [-0.39, 0.29) is 31.0 Å². The molecule has 0 saturated carbocycles. The minimum atomic E-state index is -4.67. The lowest BCUT2D eigenvalue weighted by molar-refractivity contribution is -0.153. The first-order valence-corrected chi connectivity index (χ1v) is 8.39. The van der Waals surface area contributed by atoms with Crippen LogP contribution >= 0.6 is 0 Å². The summed E-state index contributed by atoms with van der Waals surface area (Å²) in [4.78, 5) is 28.6. The number of carbonyl (C=O) groups is 2. The van der Waals surface area contributed by atoms with E-state index in [9.17, 15) is 31.5 Å². The largest absolute Gasteiger partial charge is 0.482 e. The number of anilines is 1. The van der Waals surface area contributed by atoms with Crippen molar-refractivity contribution in [2.24, 2.45) is 5.73 Å². The number of ether oxygens (including phenoxy) is 2. The van der Waals surface area contributed by atoms with E-state index in [1.165, 1.54) is 0 Å². The highest BCUT2D eigenvalue weighted by Gasteiger charge is 2.45. The van der Waals surface area contributed by atoms with Gasteiger partial charge in [0.05, 0.1) is 50.1 Å². The van der Waals surface area contributed by atoms with Crippen LogP contribution in [0.25, 0.3) is 0 Å². The predicted octanol–water partition coefficient (Wildman–Crippen LogP) is 0.852. The maximum Gasteiger partial charge on any atom is 0.422 e. The molecule has 0 bridgehead atoms. The van der Waals surface area contributed by atoms with Gasteiger partial charge in [-0.1, -0.05) is 0 Å². The predicted molar refractivity (Wildman–Crippen MR) is 87.8 cm³/mol. The molecule has 0 aliphatic carbocycles. The van der Waals surface area contributed by atoms with Crippen molar-refractivity contribution >= 4 is 17.5 Å². The second kappa shape index (κ2) is 7.28. The van der Waals surface area contributed by atoms with Gasteiger partial charge in [0, 0.05) is 6.07 Å². The highest BCUT2D eigenvalue weighted by Crippen LogP contribution is 2.38. The van der Waals surface area contributed by atoms with Gasteiger partial charge in [0.15, 0.2) is 6.61 Å². The van der Waals surface area contributed by atoms with Gasteiger partial charge in [-0.25, -0.2) is 13.8 Å². The molecule has 0 radical (unpaired) electrons. The summed E-state index contributed by atoms with van der Waals surface area (Å²) in [6.45, 7) is -3.03. The average molecular weight is 424 g/mol. The molecule has 2 fully saturated rings. The number of nitrogens with one attached hydrogen (secondary N) is 1. The Kier molecular flexibility index (Phi) is 5.28. The third-order valence-electron chi connectivity index (χ3n) is 4.30. The Bertz CT molecular complexity index is 805. The number of hydrogen-bond acceptors (Lipinski definition) is 6. The lowest BCUT2D eigenvalue weighted by Crippen LogP contribution is -2.63. The number of pyridine rings is 1. The van der Waals surface area contributed by atoms with E-state index < -0.39 is 54.9 Å². The molecule has 2 aliphatic heterocycles. The van der Waals surface area contributed by atoms with Crippen LogP contribution in [0.4, 0.5) is 27.6 Å². The molecule has 3 rings (SSSR count). The van der Waals surface area contributed by atoms with Gasteiger partial charge in [-0.05, 0) is 0 Å². The minimum Gasteiger partial charge on any atom is -0.482 e. The van der Waals surface area contributed by atoms with Gasteiger partial charge >= 0.3 is 6.18 Å². The number of amides is 2. The van der Waals surface area contributed by atoms with Crippen molar-refractivity contribution in [2.45, 2.75) is 24.1 Å². The number of primary amides is 1. The molecule has 0 spiro atoms. The zero-order valence-electron chi connectivity index (χ0n) is 14.9. The van der Waals surface area contributed by atoms with E-state index in [0.717, 1.165) is 17.2 Å². The van der Waals surface area contributed by atoms with Gasteiger partial charge < -0.3 is 25.4 Å². The van der Waals surface area contributed by atoms with Gasteiger partial charge in [-0.15, -0.1) is 0 Å². The molecule has 3 N–H and O–H groups in total. The second-order valence-corrected chi connectivity index (χ2v) is 7.02. The van der Waals surface area contributed by atoms with Gasteiger partial charge in [-0.2, -0.15) is 13.2 Å². The van der Waals surface area contributed by atoms with Crippen molar-refractivity contribution in [3.05, 3.63) is 18.0 Å². The molecule has 0 aromatic carbocycles. The fourth-order valence-corrected chi connectivity index (χ4v) is 2.95. The molecule has 160 valence electrons. The first-order valence-electron chi connectivity index (χ1n) is 8.39. The summed E-state index contributed by atoms with van der Waals surface area (Å²) in [5, 5.41) is 2.53. The molecule has 2 aliphatic rings. The van der Waals surface area contributed by atoms with Crippen LogP contribution in [0.15, 0.2) is 12.3 Å². The van der Waals surface area contributed by atoms with Crippen molar-refractivity contribution in [1.29, 1.82) is 0 Å². The van der Waals surface area contributed by atoms with Gasteiger partial charge in [0.2, 0.25) is 5.91 Å². The molecular formula is C16H17F5N4O4. The summed E-state index contributed by atoms with van der Waals surface area (Å²) in [6.07, 6.45) is -3.87. The highest BCUT2D eigenvalue weighted by atomic mass is 19.4. The third-order valence-corrected chi connectivity index (χ3v) is 4.30. The quantitative estimate of drug-likeness (QED) is 0.629. The Labute approximate surface area is 161 Å². The van der Waals surface area contributed by atoms with Gasteiger partial charge in [0.1, 0.15) is 11.4 Å². The molecule has 13 heteroatoms. The molecule has 0 unspecified atom stereocenters. The number of hydrogen-bond donors (Lipinski definition) is 2. The van der Waals surface area contributed by atoms with Crippen LogP contribution in [-0.4, -0.2) is 67.3 Å². The van der Waals surface area contributed by atoms with Crippen molar-refractivity contribution in [3.63, 3.8) is 0 Å². The lowest BCUT2D eigenvalue weighted by atomic mass is 9.92. The first kappa shape index (κ1) is 21.0. The molecule has 1 aromatic heterocycles. The average Bonchev–Trinajstić information content (AvgIpc) is 2.54. The summed E-state index contributed by atoms with van der Waals surface area (Å²) in [7, 11) is 0. The van der Waals surface area contributed by atoms with Crippen LogP contribution in [0, 0.1) is 0 Å². The zero-order valence-corrected chi connectivity index (χ0v) is 14.9. The molecule has 29 heavy (non-hydrogen) atoms. The lowest BCUT2D eigenvalue weighted by Gasteiger charge is -2.41. The molecule has 2 saturated heterocycles. The molecule has 2 amide bonds. The highest BCUT2D eigenvalue weighted by molar-refractivity contribution is 5.94. The Balaban J connectivity index is 1.80. The van der Waals surface area contributed by atoms with E-state index in [1.807, 2.05) is 0 Å². The fourth-order valence-electron chi connectivity index (χ4n) is 2.95. The van der Waals surface area contributed by atoms with E-state index in [1.54, 1.807) is 0 Å². The smallest absolute Gasteiger partial charge is 0.422 e. The number of alkyl halides is 5. The second-order valence-electron chi connectivity index (χ2n) is 7.02. The third kappa shape index (κ3) is 5.02. The molecule has 1 aromatic rings. The van der Waals surface area contributed by atoms with E-state index in [2.05, 4.69) is 10.3 Å². The summed E-state index contributed by atoms with van der Waals surface area (Å²) in [6, 6.07) is 0.935. The summed E-state index contributed by atoms with van der Waals surface area (Å²) < 4.78 is 73.6. The Hall–Kier alpha value is -2.70. The normalized spacial score (nSPS) is 19.7. The minimum absolute atomic E-state index is 0.0278. The molecule has 0 atom stereocenters. The van der Waals surface area contributed by atoms with Crippen LogP contribution in [-0.2, 0) is 9.53 Å². The fraction of sp³-hybridized carbons (Fsp3) is 0.562. The zero-order chi connectivity index (χ0) is 21.4. The number of aromatic nitrogens is 1. The van der Waals surface area contributed by atoms with E-state index >= 15 is 0 Å². The number of rotatable bonds is 7. The van der Waals surface area contributed by atoms with E-state index in [4.69, 9.17) is 15.2 Å². The van der Waals surface area contributed by atoms with Crippen LogP contribution in [0.5, 0.6) is 5.75 Å². The maximum absolute atomic E-state index is 13.1. The Morgan fingerprint density at radius 3 is 2.45 bits per heavy atom. The number of nitrogens with two attached hydrogens (primary N) is 1. The number of carbonyl (C=O) groups excluding carboxylic acids is 2. The van der Waals surface area contributed by atoms with Crippen molar-refractivity contribution in [1.82, 2.24) is 10.3 Å². The van der Waals surface area contributed by atoms with Crippen molar-refractivity contribution < 1.29 is 41.0 Å². The standard InChI is InChI=1S/C16H17F5N4O4/c17-15(18)4-25(5-15)10-3-23-9(1-11(10)29-8-16(19,20)21)13(27)24-14(2-12(22)26)6-28-7-14/h1,3H,2,4-8H2,(H2,22,26)(H,24,27). The van der Waals surface area contributed by atoms with Gasteiger partial charge in [-0.3, -0.25) is 9.59 Å². The number of nitrogens with zero attached hydrogens (tertiary/aromatic N) is 2. The Morgan fingerprint density at radius 1 is 1.31 bits per heavy atom. The molecule has 3 heterocycles. The Morgan fingerprint density at radius 2 is 1.97 bits per heavy atom. The van der Waals surface area contributed by atoms with E-state index in [0.29, 0.717) is 0 Å². The summed E-state index contributed by atoms with van der Waals surface area (Å²) in [5.41, 5.74) is 3.72. The molecular weight excluding hydrogens is 407 g/mol. The van der Waals surface area contributed by atoms with Crippen LogP contribution < -0.4 is 20.7 Å². The SMILES string of the molecule is NC(=O)CC1(NC(=O)c2cc(OCC(F)(F)F)c(N3CC(F)(F)C3)cn2)COC1. The topological polar surface area (TPSA) is 107 Å². The summed E-state index contributed by atoms with van der Waals surface area (Å²) >= 11 is 0. The van der Waals surface area contributed by atoms with Crippen molar-refractivity contribution in [2.75, 3.05) is 37.8 Å². The monoisotopic (exact) mass is 424 g/mol. The van der Waals surface area contributed by atoms with Crippen molar-refractivity contribution in [3.8, 4) is 5.75 Å². The molecule has 8 nitrogen and oxygen atoms in total. The summed E-state index contributed by atoms with van der Waals surface area (Å²) in [5.74, 6) is -4.86. The number of halogens is 5. The van der Waals surface area contributed by atoms with Crippen LogP contribution in [0.2, 0.25) is 0 Å². The van der Waals surface area contributed by atoms with Crippen LogP contribution in [0.3, 0.4) is 0 Å².